The van der Waals surface area contributed by atoms with Gasteiger partial charge >= 0.3 is 0 Å². The van der Waals surface area contributed by atoms with E-state index in [9.17, 15) is 9.59 Å². The maximum atomic E-state index is 12.5. The minimum atomic E-state index is -1.02. The van der Waals surface area contributed by atoms with Crippen LogP contribution in [-0.4, -0.2) is 30.2 Å². The average Bonchev–Trinajstić information content (AvgIpc) is 2.88. The van der Waals surface area contributed by atoms with Crippen LogP contribution in [0.3, 0.4) is 0 Å². The Hall–Kier alpha value is -2.57. The summed E-state index contributed by atoms with van der Waals surface area (Å²) in [5.41, 5.74) is 0.323. The SMILES string of the molecule is COc1cc(NC(=O)C2(C)CC(C)=NO2)ccc1NC(=O)C(C)(C)C. The molecule has 0 saturated heterocycles. The van der Waals surface area contributed by atoms with Crippen LogP contribution in [-0.2, 0) is 14.4 Å². The Balaban J connectivity index is 2.13. The van der Waals surface area contributed by atoms with Crippen molar-refractivity contribution in [2.75, 3.05) is 17.7 Å². The first-order valence-corrected chi connectivity index (χ1v) is 8.08. The highest BCUT2D eigenvalue weighted by Crippen LogP contribution is 2.31. The highest BCUT2D eigenvalue weighted by atomic mass is 16.7. The van der Waals surface area contributed by atoms with Crippen LogP contribution in [0.25, 0.3) is 0 Å². The summed E-state index contributed by atoms with van der Waals surface area (Å²) in [6.45, 7) is 8.99. The van der Waals surface area contributed by atoms with Gasteiger partial charge in [0.1, 0.15) is 5.75 Å². The molecule has 1 unspecified atom stereocenters. The highest BCUT2D eigenvalue weighted by molar-refractivity contribution is 6.02. The summed E-state index contributed by atoms with van der Waals surface area (Å²) in [5.74, 6) is 0.0454. The fourth-order valence-corrected chi connectivity index (χ4v) is 2.30. The van der Waals surface area contributed by atoms with Crippen molar-refractivity contribution in [2.45, 2.75) is 46.6 Å². The van der Waals surface area contributed by atoms with Crippen molar-refractivity contribution in [3.8, 4) is 5.75 Å². The summed E-state index contributed by atoms with van der Waals surface area (Å²) in [7, 11) is 1.51. The van der Waals surface area contributed by atoms with Crippen molar-refractivity contribution in [1.82, 2.24) is 0 Å². The standard InChI is InChI=1S/C18H25N3O4/c1-11-10-18(5,25-21-11)16(23)19-12-7-8-13(14(9-12)24-6)20-15(22)17(2,3)4/h7-9H,10H2,1-6H3,(H,19,23)(H,20,22). The zero-order valence-corrected chi connectivity index (χ0v) is 15.5. The van der Waals surface area contributed by atoms with Crippen molar-refractivity contribution in [1.29, 1.82) is 0 Å². The Morgan fingerprint density at radius 3 is 2.48 bits per heavy atom. The first kappa shape index (κ1) is 18.8. The van der Waals surface area contributed by atoms with Crippen molar-refractivity contribution >= 4 is 28.9 Å². The van der Waals surface area contributed by atoms with E-state index in [0.717, 1.165) is 5.71 Å². The van der Waals surface area contributed by atoms with E-state index in [1.165, 1.54) is 7.11 Å². The molecule has 2 amide bonds. The molecule has 2 rings (SSSR count). The number of hydrogen-bond acceptors (Lipinski definition) is 5. The number of benzene rings is 1. The van der Waals surface area contributed by atoms with Crippen LogP contribution < -0.4 is 15.4 Å². The second-order valence-corrected chi connectivity index (χ2v) is 7.40. The van der Waals surface area contributed by atoms with Crippen LogP contribution in [0.5, 0.6) is 5.75 Å². The summed E-state index contributed by atoms with van der Waals surface area (Å²) in [4.78, 5) is 29.8. The minimum absolute atomic E-state index is 0.123. The van der Waals surface area contributed by atoms with E-state index in [1.807, 2.05) is 27.7 Å². The summed E-state index contributed by atoms with van der Waals surface area (Å²) in [5, 5.41) is 9.47. The predicted octanol–water partition coefficient (Wildman–Crippen LogP) is 3.17. The van der Waals surface area contributed by atoms with Crippen molar-refractivity contribution in [3.05, 3.63) is 18.2 Å². The molecule has 0 saturated carbocycles. The van der Waals surface area contributed by atoms with E-state index in [-0.39, 0.29) is 11.8 Å². The Morgan fingerprint density at radius 1 is 1.28 bits per heavy atom. The molecule has 0 spiro atoms. The molecule has 7 nitrogen and oxygen atoms in total. The number of carbonyl (C=O) groups excluding carboxylic acids is 2. The first-order valence-electron chi connectivity index (χ1n) is 8.08. The lowest BCUT2D eigenvalue weighted by molar-refractivity contribution is -0.135. The molecule has 25 heavy (non-hydrogen) atoms. The molecule has 0 fully saturated rings. The second-order valence-electron chi connectivity index (χ2n) is 7.40. The van der Waals surface area contributed by atoms with Gasteiger partial charge in [0.2, 0.25) is 11.5 Å². The fraction of sp³-hybridized carbons (Fsp3) is 0.500. The lowest BCUT2D eigenvalue weighted by Gasteiger charge is -2.21. The van der Waals surface area contributed by atoms with Gasteiger partial charge in [0, 0.05) is 23.6 Å². The topological polar surface area (TPSA) is 89.0 Å². The van der Waals surface area contributed by atoms with Gasteiger partial charge in [0.25, 0.3) is 5.91 Å². The van der Waals surface area contributed by atoms with E-state index in [2.05, 4.69) is 15.8 Å². The van der Waals surface area contributed by atoms with Gasteiger partial charge in [-0.1, -0.05) is 25.9 Å². The molecule has 1 heterocycles. The van der Waals surface area contributed by atoms with Gasteiger partial charge < -0.3 is 20.2 Å². The molecule has 0 aromatic heterocycles. The molecule has 2 N–H and O–H groups in total. The molecule has 1 aliphatic rings. The summed E-state index contributed by atoms with van der Waals surface area (Å²) < 4.78 is 5.33. The Bertz CT molecular complexity index is 722. The lowest BCUT2D eigenvalue weighted by atomic mass is 9.95. The van der Waals surface area contributed by atoms with Crippen LogP contribution in [0.1, 0.15) is 41.0 Å². The molecule has 136 valence electrons. The van der Waals surface area contributed by atoms with Crippen LogP contribution in [0.15, 0.2) is 23.4 Å². The molecular formula is C18H25N3O4. The number of oxime groups is 1. The van der Waals surface area contributed by atoms with Gasteiger partial charge in [-0.3, -0.25) is 9.59 Å². The largest absolute Gasteiger partial charge is 0.494 e. The van der Waals surface area contributed by atoms with Crippen LogP contribution in [0.2, 0.25) is 0 Å². The zero-order valence-electron chi connectivity index (χ0n) is 15.5. The zero-order chi connectivity index (χ0) is 18.8. The molecule has 0 radical (unpaired) electrons. The van der Waals surface area contributed by atoms with Crippen molar-refractivity contribution in [3.63, 3.8) is 0 Å². The number of nitrogens with one attached hydrogen (secondary N) is 2. The number of methoxy groups -OCH3 is 1. The molecule has 1 atom stereocenters. The Kier molecular flexibility index (Phi) is 5.06. The number of ether oxygens (including phenoxy) is 1. The third kappa shape index (κ3) is 4.29. The average molecular weight is 347 g/mol. The molecular weight excluding hydrogens is 322 g/mol. The molecule has 0 aliphatic carbocycles. The van der Waals surface area contributed by atoms with Crippen molar-refractivity contribution < 1.29 is 19.2 Å². The molecule has 1 aromatic carbocycles. The van der Waals surface area contributed by atoms with Gasteiger partial charge in [-0.25, -0.2) is 0 Å². The van der Waals surface area contributed by atoms with Gasteiger partial charge in [-0.05, 0) is 26.0 Å². The molecule has 1 aromatic rings. The highest BCUT2D eigenvalue weighted by Gasteiger charge is 2.40. The summed E-state index contributed by atoms with van der Waals surface area (Å²) in [6, 6.07) is 5.05. The molecule has 7 heteroatoms. The monoisotopic (exact) mass is 347 g/mol. The van der Waals surface area contributed by atoms with Crippen LogP contribution in [0, 0.1) is 5.41 Å². The second kappa shape index (κ2) is 6.74. The first-order chi connectivity index (χ1) is 11.5. The van der Waals surface area contributed by atoms with Gasteiger partial charge in [0.15, 0.2) is 0 Å². The number of rotatable bonds is 4. The summed E-state index contributed by atoms with van der Waals surface area (Å²) in [6.07, 6.45) is 0.440. The third-order valence-corrected chi connectivity index (χ3v) is 3.87. The Morgan fingerprint density at radius 2 is 1.96 bits per heavy atom. The lowest BCUT2D eigenvalue weighted by Crippen LogP contribution is -2.40. The predicted molar refractivity (Wildman–Crippen MR) is 96.9 cm³/mol. The van der Waals surface area contributed by atoms with E-state index in [4.69, 9.17) is 9.57 Å². The number of nitrogens with zero attached hydrogens (tertiary/aromatic N) is 1. The quantitative estimate of drug-likeness (QED) is 0.875. The fourth-order valence-electron chi connectivity index (χ4n) is 2.30. The van der Waals surface area contributed by atoms with E-state index in [0.29, 0.717) is 23.5 Å². The van der Waals surface area contributed by atoms with Gasteiger partial charge in [0.05, 0.1) is 18.5 Å². The van der Waals surface area contributed by atoms with Crippen LogP contribution >= 0.6 is 0 Å². The number of anilines is 2. The maximum Gasteiger partial charge on any atom is 0.271 e. The number of carbonyl (C=O) groups is 2. The summed E-state index contributed by atoms with van der Waals surface area (Å²) >= 11 is 0. The van der Waals surface area contributed by atoms with E-state index in [1.54, 1.807) is 25.1 Å². The smallest absolute Gasteiger partial charge is 0.271 e. The minimum Gasteiger partial charge on any atom is -0.494 e. The van der Waals surface area contributed by atoms with Gasteiger partial charge in [-0.2, -0.15) is 0 Å². The maximum absolute atomic E-state index is 12.5. The van der Waals surface area contributed by atoms with Crippen molar-refractivity contribution in [2.24, 2.45) is 10.6 Å². The van der Waals surface area contributed by atoms with E-state index >= 15 is 0 Å². The van der Waals surface area contributed by atoms with E-state index < -0.39 is 11.0 Å². The third-order valence-electron chi connectivity index (χ3n) is 3.87. The van der Waals surface area contributed by atoms with Crippen LogP contribution in [0.4, 0.5) is 11.4 Å². The number of hydrogen-bond donors (Lipinski definition) is 2. The molecule has 0 bridgehead atoms. The normalized spacial score (nSPS) is 19.7. The number of amides is 2. The van der Waals surface area contributed by atoms with Gasteiger partial charge in [-0.15, -0.1) is 0 Å². The Labute approximate surface area is 147 Å². The molecule has 1 aliphatic heterocycles.